The van der Waals surface area contributed by atoms with Crippen LogP contribution in [-0.2, 0) is 22.6 Å². The quantitative estimate of drug-likeness (QED) is 0.437. The lowest BCUT2D eigenvalue weighted by molar-refractivity contribution is -0.137. The molecule has 3 aromatic rings. The monoisotopic (exact) mass is 547 g/mol. The zero-order valence-corrected chi connectivity index (χ0v) is 21.4. The summed E-state index contributed by atoms with van der Waals surface area (Å²) < 4.78 is 64.4. The van der Waals surface area contributed by atoms with E-state index in [4.69, 9.17) is 5.73 Å². The van der Waals surface area contributed by atoms with Crippen molar-refractivity contribution < 1.29 is 26.4 Å². The second-order valence-electron chi connectivity index (χ2n) is 8.15. The number of sulfone groups is 1. The van der Waals surface area contributed by atoms with Crippen LogP contribution in [0.25, 0.3) is 5.69 Å². The zero-order chi connectivity index (χ0) is 28.3. The van der Waals surface area contributed by atoms with Crippen LogP contribution < -0.4 is 16.6 Å². The Labute approximate surface area is 216 Å². The van der Waals surface area contributed by atoms with E-state index in [2.05, 4.69) is 15.3 Å². The molecule has 0 aliphatic carbocycles. The highest BCUT2D eigenvalue weighted by atomic mass is 32.2. The predicted octanol–water partition coefficient (Wildman–Crippen LogP) is 2.78. The molecule has 0 radical (unpaired) electrons. The number of nitrogens with one attached hydrogen (secondary N) is 1. The fraction of sp³-hybridized carbons (Fsp3) is 0.200. The van der Waals surface area contributed by atoms with Gasteiger partial charge in [0.05, 0.1) is 28.4 Å². The Morgan fingerprint density at radius 3 is 2.45 bits per heavy atom. The molecule has 2 aromatic heterocycles. The minimum Gasteiger partial charge on any atom is -0.405 e. The Bertz CT molecular complexity index is 1590. The highest BCUT2D eigenvalue weighted by molar-refractivity contribution is 7.90. The standard InChI is InChI=1S/C25H24F3N5O4S/c1-15-20(22(30-2)9-10-29)12-21(23(34)32-13-17-7-8-19(14-31-17)38(3,36)37)24(35)33(15)18-6-4-5-16(11-18)25(26,27)28/h4-12,14H,13,29H2,1-3H3,(H,32,34). The molecule has 0 aliphatic rings. The summed E-state index contributed by atoms with van der Waals surface area (Å²) >= 11 is 0. The first-order chi connectivity index (χ1) is 17.8. The van der Waals surface area contributed by atoms with E-state index < -0.39 is 33.0 Å². The van der Waals surface area contributed by atoms with Gasteiger partial charge in [0, 0.05) is 36.4 Å². The third-order valence-electron chi connectivity index (χ3n) is 5.55. The molecule has 13 heteroatoms. The van der Waals surface area contributed by atoms with Gasteiger partial charge in [0.25, 0.3) is 11.5 Å². The topological polar surface area (TPSA) is 137 Å². The molecule has 0 atom stereocenters. The van der Waals surface area contributed by atoms with Gasteiger partial charge in [-0.1, -0.05) is 6.07 Å². The number of nitrogens with two attached hydrogens (primary N) is 1. The molecule has 0 bridgehead atoms. The minimum atomic E-state index is -4.65. The van der Waals surface area contributed by atoms with Gasteiger partial charge in [-0.15, -0.1) is 0 Å². The molecule has 38 heavy (non-hydrogen) atoms. The Kier molecular flexibility index (Phi) is 8.20. The molecule has 0 spiro atoms. The second-order valence-corrected chi connectivity index (χ2v) is 10.2. The first-order valence-electron chi connectivity index (χ1n) is 11.0. The molecular weight excluding hydrogens is 523 g/mol. The molecule has 0 saturated carbocycles. The summed E-state index contributed by atoms with van der Waals surface area (Å²) in [6, 6.07) is 8.21. The van der Waals surface area contributed by atoms with Crippen molar-refractivity contribution in [3.63, 3.8) is 0 Å². The van der Waals surface area contributed by atoms with E-state index in [1.54, 1.807) is 0 Å². The molecule has 200 valence electrons. The number of nitrogens with zero attached hydrogens (tertiary/aromatic N) is 3. The smallest absolute Gasteiger partial charge is 0.405 e. The van der Waals surface area contributed by atoms with E-state index in [1.807, 2.05) is 0 Å². The van der Waals surface area contributed by atoms with E-state index in [-0.39, 0.29) is 34.1 Å². The van der Waals surface area contributed by atoms with Gasteiger partial charge in [-0.2, -0.15) is 13.2 Å². The van der Waals surface area contributed by atoms with Gasteiger partial charge in [-0.05, 0) is 55.6 Å². The van der Waals surface area contributed by atoms with Gasteiger partial charge in [0.2, 0.25) is 0 Å². The fourth-order valence-electron chi connectivity index (χ4n) is 3.63. The average Bonchev–Trinajstić information content (AvgIpc) is 2.86. The molecule has 9 nitrogen and oxygen atoms in total. The number of carbonyl (C=O) groups excluding carboxylic acids is 1. The van der Waals surface area contributed by atoms with Crippen LogP contribution in [0.5, 0.6) is 0 Å². The zero-order valence-electron chi connectivity index (χ0n) is 20.6. The Morgan fingerprint density at radius 1 is 1.18 bits per heavy atom. The molecule has 1 amide bonds. The maximum Gasteiger partial charge on any atom is 0.416 e. The molecule has 0 fully saturated rings. The molecule has 3 N–H and O–H groups in total. The van der Waals surface area contributed by atoms with Gasteiger partial charge in [0.1, 0.15) is 5.56 Å². The summed E-state index contributed by atoms with van der Waals surface area (Å²) in [6.07, 6.45) is 0.156. The lowest BCUT2D eigenvalue weighted by Gasteiger charge is -2.18. The van der Waals surface area contributed by atoms with Crippen molar-refractivity contribution in [2.24, 2.45) is 10.7 Å². The summed E-state index contributed by atoms with van der Waals surface area (Å²) in [5.74, 6) is -0.821. The molecule has 0 saturated heterocycles. The summed E-state index contributed by atoms with van der Waals surface area (Å²) in [7, 11) is -2.00. The number of halogens is 3. The van der Waals surface area contributed by atoms with Crippen LogP contribution in [0.1, 0.15) is 32.9 Å². The summed E-state index contributed by atoms with van der Waals surface area (Å²) in [5, 5.41) is 2.54. The van der Waals surface area contributed by atoms with Crippen LogP contribution in [0.4, 0.5) is 13.2 Å². The highest BCUT2D eigenvalue weighted by Crippen LogP contribution is 2.30. The van der Waals surface area contributed by atoms with Crippen molar-refractivity contribution in [2.75, 3.05) is 13.3 Å². The number of hydrogen-bond donors (Lipinski definition) is 2. The lowest BCUT2D eigenvalue weighted by Crippen LogP contribution is -2.34. The van der Waals surface area contributed by atoms with Crippen molar-refractivity contribution in [1.29, 1.82) is 0 Å². The van der Waals surface area contributed by atoms with E-state index in [1.165, 1.54) is 50.5 Å². The number of hydrogen-bond acceptors (Lipinski definition) is 7. The van der Waals surface area contributed by atoms with Crippen LogP contribution in [-0.4, -0.2) is 42.9 Å². The Morgan fingerprint density at radius 2 is 1.89 bits per heavy atom. The molecule has 1 aromatic carbocycles. The number of pyridine rings is 2. The van der Waals surface area contributed by atoms with E-state index >= 15 is 0 Å². The number of amides is 1. The average molecular weight is 548 g/mol. The third kappa shape index (κ3) is 6.17. The van der Waals surface area contributed by atoms with E-state index in [9.17, 15) is 31.2 Å². The van der Waals surface area contributed by atoms with Gasteiger partial charge in [0.15, 0.2) is 9.84 Å². The molecule has 0 unspecified atom stereocenters. The normalized spacial score (nSPS) is 12.6. The molecule has 0 aliphatic heterocycles. The van der Waals surface area contributed by atoms with Gasteiger partial charge < -0.3 is 11.1 Å². The number of aliphatic imine (C=N–C) groups is 1. The van der Waals surface area contributed by atoms with E-state index in [0.717, 1.165) is 35.2 Å². The SMILES string of the molecule is CN=C(C=CN)c1cc(C(=O)NCc2ccc(S(C)(=O)=O)cn2)c(=O)n(-c2cccc(C(F)(F)F)c2)c1C. The van der Waals surface area contributed by atoms with Crippen LogP contribution in [0.3, 0.4) is 0 Å². The van der Waals surface area contributed by atoms with Gasteiger partial charge in [-0.3, -0.25) is 24.1 Å². The number of alkyl halides is 3. The van der Waals surface area contributed by atoms with Crippen molar-refractivity contribution >= 4 is 21.5 Å². The fourth-order valence-corrected chi connectivity index (χ4v) is 4.19. The first kappa shape index (κ1) is 28.3. The first-order valence-corrected chi connectivity index (χ1v) is 12.9. The number of rotatable bonds is 7. The summed E-state index contributed by atoms with van der Waals surface area (Å²) in [5.41, 5.74) is 4.38. The summed E-state index contributed by atoms with van der Waals surface area (Å²) in [6.45, 7) is 1.37. The number of allylic oxidation sites excluding steroid dienone is 1. The number of aromatic nitrogens is 2. The predicted molar refractivity (Wildman–Crippen MR) is 136 cm³/mol. The molecule has 3 rings (SSSR count). The lowest BCUT2D eigenvalue weighted by atomic mass is 10.0. The van der Waals surface area contributed by atoms with Crippen LogP contribution in [0, 0.1) is 6.92 Å². The number of carbonyl (C=O) groups is 1. The van der Waals surface area contributed by atoms with Crippen molar-refractivity contribution in [3.05, 3.63) is 99.4 Å². The maximum absolute atomic E-state index is 13.4. The highest BCUT2D eigenvalue weighted by Gasteiger charge is 2.31. The molecule has 2 heterocycles. The van der Waals surface area contributed by atoms with Crippen LogP contribution in [0.2, 0.25) is 0 Å². The van der Waals surface area contributed by atoms with Crippen LogP contribution in [0.15, 0.2) is 75.6 Å². The van der Waals surface area contributed by atoms with Crippen LogP contribution >= 0.6 is 0 Å². The van der Waals surface area contributed by atoms with Gasteiger partial charge >= 0.3 is 6.18 Å². The van der Waals surface area contributed by atoms with Crippen molar-refractivity contribution in [2.45, 2.75) is 24.5 Å². The van der Waals surface area contributed by atoms with Gasteiger partial charge in [-0.25, -0.2) is 8.42 Å². The van der Waals surface area contributed by atoms with Crippen molar-refractivity contribution in [1.82, 2.24) is 14.9 Å². The number of benzene rings is 1. The molecular formula is C25H24F3N5O4S. The maximum atomic E-state index is 13.4. The third-order valence-corrected chi connectivity index (χ3v) is 6.65. The minimum absolute atomic E-state index is 0.000864. The van der Waals surface area contributed by atoms with E-state index in [0.29, 0.717) is 11.3 Å². The van der Waals surface area contributed by atoms with Crippen molar-refractivity contribution in [3.8, 4) is 5.69 Å². The Hall–Kier alpha value is -4.26. The Balaban J connectivity index is 2.11. The largest absolute Gasteiger partial charge is 0.416 e. The summed E-state index contributed by atoms with van der Waals surface area (Å²) in [4.78, 5) is 34.7. The second kappa shape index (κ2) is 11.0.